The molecule has 0 spiro atoms. The fourth-order valence-corrected chi connectivity index (χ4v) is 3.94. The molecule has 1 atom stereocenters. The lowest BCUT2D eigenvalue weighted by Crippen LogP contribution is -2.47. The normalized spacial score (nSPS) is 19.7. The van der Waals surface area contributed by atoms with Crippen molar-refractivity contribution in [3.05, 3.63) is 35.2 Å². The van der Waals surface area contributed by atoms with Crippen molar-refractivity contribution in [3.63, 3.8) is 0 Å². The monoisotopic (exact) mass is 305 g/mol. The quantitative estimate of drug-likeness (QED) is 0.912. The summed E-state index contributed by atoms with van der Waals surface area (Å²) < 4.78 is 12.6. The van der Waals surface area contributed by atoms with Crippen LogP contribution in [0.15, 0.2) is 30.3 Å². The second-order valence-corrected chi connectivity index (χ2v) is 6.90. The van der Waals surface area contributed by atoms with Crippen LogP contribution in [0.5, 0.6) is 0 Å². The van der Waals surface area contributed by atoms with E-state index >= 15 is 0 Å². The molecular formula is C17H23NO2S. The Hall–Kier alpha value is -0.940. The van der Waals surface area contributed by atoms with E-state index in [1.807, 2.05) is 18.4 Å². The van der Waals surface area contributed by atoms with Crippen molar-refractivity contribution in [3.8, 4) is 0 Å². The topological polar surface area (TPSA) is 30.5 Å². The first kappa shape index (κ1) is 15.0. The van der Waals surface area contributed by atoms with Crippen LogP contribution in [0.1, 0.15) is 30.7 Å². The van der Waals surface area contributed by atoms with Crippen LogP contribution >= 0.6 is 11.3 Å². The number of hydrogen-bond donors (Lipinski definition) is 1. The summed E-state index contributed by atoms with van der Waals surface area (Å²) >= 11 is 1.87. The molecule has 114 valence electrons. The van der Waals surface area contributed by atoms with E-state index in [-0.39, 0.29) is 5.60 Å². The average molecular weight is 305 g/mol. The zero-order valence-corrected chi connectivity index (χ0v) is 13.5. The van der Waals surface area contributed by atoms with Gasteiger partial charge in [-0.05, 0) is 24.4 Å². The Morgan fingerprint density at radius 3 is 2.81 bits per heavy atom. The maximum Gasteiger partial charge on any atom is 0.0846 e. The zero-order valence-electron chi connectivity index (χ0n) is 12.7. The Bertz CT molecular complexity index is 556. The van der Waals surface area contributed by atoms with Crippen molar-refractivity contribution in [2.45, 2.75) is 31.4 Å². The van der Waals surface area contributed by atoms with Crippen molar-refractivity contribution in [2.75, 3.05) is 26.9 Å². The predicted octanol–water partition coefficient (Wildman–Crippen LogP) is 3.75. The number of rotatable bonds is 5. The summed E-state index contributed by atoms with van der Waals surface area (Å²) in [5, 5.41) is 4.98. The highest BCUT2D eigenvalue weighted by Gasteiger charge is 2.32. The number of nitrogens with one attached hydrogen (secondary N) is 1. The van der Waals surface area contributed by atoms with E-state index in [2.05, 4.69) is 42.6 Å². The van der Waals surface area contributed by atoms with Gasteiger partial charge in [0.05, 0.1) is 5.60 Å². The molecular weight excluding hydrogens is 282 g/mol. The van der Waals surface area contributed by atoms with Gasteiger partial charge in [-0.2, -0.15) is 0 Å². The van der Waals surface area contributed by atoms with Crippen LogP contribution in [0, 0.1) is 0 Å². The molecule has 0 amide bonds. The van der Waals surface area contributed by atoms with Gasteiger partial charge in [0, 0.05) is 55.3 Å². The van der Waals surface area contributed by atoms with Gasteiger partial charge in [0.25, 0.3) is 0 Å². The van der Waals surface area contributed by atoms with Crippen LogP contribution in [0.2, 0.25) is 0 Å². The molecule has 0 unspecified atom stereocenters. The number of thiophene rings is 1. The third-order valence-corrected chi connectivity index (χ3v) is 5.74. The van der Waals surface area contributed by atoms with E-state index in [1.54, 1.807) is 0 Å². The molecule has 2 heterocycles. The first-order valence-corrected chi connectivity index (χ1v) is 8.39. The number of benzene rings is 1. The number of ether oxygens (including phenoxy) is 2. The Morgan fingerprint density at radius 1 is 1.33 bits per heavy atom. The minimum absolute atomic E-state index is 0.0663. The van der Waals surface area contributed by atoms with E-state index in [9.17, 15) is 0 Å². The van der Waals surface area contributed by atoms with Gasteiger partial charge in [-0.3, -0.25) is 0 Å². The van der Waals surface area contributed by atoms with Crippen LogP contribution in [-0.4, -0.2) is 32.5 Å². The van der Waals surface area contributed by atoms with Crippen molar-refractivity contribution >= 4 is 21.4 Å². The third-order valence-electron chi connectivity index (χ3n) is 4.44. The molecule has 0 bridgehead atoms. The fraction of sp³-hybridized carbons (Fsp3) is 0.529. The minimum atomic E-state index is -0.0663. The van der Waals surface area contributed by atoms with Crippen molar-refractivity contribution in [1.29, 1.82) is 0 Å². The lowest BCUT2D eigenvalue weighted by atomic mass is 9.93. The highest BCUT2D eigenvalue weighted by molar-refractivity contribution is 7.19. The van der Waals surface area contributed by atoms with Crippen molar-refractivity contribution in [2.24, 2.45) is 0 Å². The summed E-state index contributed by atoms with van der Waals surface area (Å²) in [4.78, 5) is 1.38. The Kier molecular flexibility index (Phi) is 4.60. The molecule has 1 fully saturated rings. The summed E-state index contributed by atoms with van der Waals surface area (Å²) in [6, 6.07) is 11.2. The average Bonchev–Trinajstić information content (AvgIpc) is 2.97. The minimum Gasteiger partial charge on any atom is -0.381 e. The molecule has 4 heteroatoms. The second-order valence-electron chi connectivity index (χ2n) is 5.79. The van der Waals surface area contributed by atoms with Gasteiger partial charge in [0.1, 0.15) is 0 Å². The largest absolute Gasteiger partial charge is 0.381 e. The number of fused-ring (bicyclic) bond motifs is 1. The summed E-state index contributed by atoms with van der Waals surface area (Å²) in [5.41, 5.74) is -0.0663. The summed E-state index contributed by atoms with van der Waals surface area (Å²) in [6.07, 6.45) is 1.94. The summed E-state index contributed by atoms with van der Waals surface area (Å²) in [7, 11) is 1.82. The Balaban J connectivity index is 1.66. The van der Waals surface area contributed by atoms with Gasteiger partial charge in [-0.15, -0.1) is 11.3 Å². The SMILES string of the molecule is COC1(CN[C@@H](C)c2cc3ccccc3s2)CCOCC1. The highest BCUT2D eigenvalue weighted by Crippen LogP contribution is 2.30. The van der Waals surface area contributed by atoms with Crippen LogP contribution < -0.4 is 5.32 Å². The standard InChI is InChI=1S/C17H23NO2S/c1-13(16-11-14-5-3-4-6-15(14)21-16)18-12-17(19-2)7-9-20-10-8-17/h3-6,11,13,18H,7-10,12H2,1-2H3/t13-/m0/s1. The van der Waals surface area contributed by atoms with E-state index in [0.29, 0.717) is 6.04 Å². The van der Waals surface area contributed by atoms with Gasteiger partial charge in [0.2, 0.25) is 0 Å². The molecule has 1 aliphatic rings. The molecule has 0 aliphatic carbocycles. The molecule has 1 N–H and O–H groups in total. The molecule has 0 radical (unpaired) electrons. The van der Waals surface area contributed by atoms with Gasteiger partial charge in [0.15, 0.2) is 0 Å². The van der Waals surface area contributed by atoms with Crippen LogP contribution in [0.4, 0.5) is 0 Å². The lowest BCUT2D eigenvalue weighted by Gasteiger charge is -2.36. The van der Waals surface area contributed by atoms with E-state index < -0.39 is 0 Å². The van der Waals surface area contributed by atoms with E-state index in [0.717, 1.165) is 32.6 Å². The zero-order chi connectivity index (χ0) is 14.7. The first-order valence-electron chi connectivity index (χ1n) is 7.57. The number of hydrogen-bond acceptors (Lipinski definition) is 4. The van der Waals surface area contributed by atoms with Gasteiger partial charge >= 0.3 is 0 Å². The second kappa shape index (κ2) is 6.44. The van der Waals surface area contributed by atoms with Crippen LogP contribution in [-0.2, 0) is 9.47 Å². The van der Waals surface area contributed by atoms with Gasteiger partial charge in [-0.25, -0.2) is 0 Å². The van der Waals surface area contributed by atoms with E-state index in [1.165, 1.54) is 15.0 Å². The molecule has 0 saturated carbocycles. The molecule has 1 aromatic heterocycles. The maximum atomic E-state index is 5.78. The van der Waals surface area contributed by atoms with E-state index in [4.69, 9.17) is 9.47 Å². The molecule has 1 saturated heterocycles. The van der Waals surface area contributed by atoms with Crippen LogP contribution in [0.3, 0.4) is 0 Å². The lowest BCUT2D eigenvalue weighted by molar-refractivity contribution is -0.0884. The molecule has 2 aromatic rings. The van der Waals surface area contributed by atoms with Gasteiger partial charge < -0.3 is 14.8 Å². The van der Waals surface area contributed by atoms with Crippen molar-refractivity contribution < 1.29 is 9.47 Å². The first-order chi connectivity index (χ1) is 10.2. The highest BCUT2D eigenvalue weighted by atomic mass is 32.1. The molecule has 21 heavy (non-hydrogen) atoms. The maximum absolute atomic E-state index is 5.78. The number of methoxy groups -OCH3 is 1. The van der Waals surface area contributed by atoms with Crippen molar-refractivity contribution in [1.82, 2.24) is 5.32 Å². The molecule has 1 aromatic carbocycles. The predicted molar refractivity (Wildman–Crippen MR) is 88.0 cm³/mol. The smallest absolute Gasteiger partial charge is 0.0846 e. The summed E-state index contributed by atoms with van der Waals surface area (Å²) in [6.45, 7) is 4.70. The molecule has 3 rings (SSSR count). The summed E-state index contributed by atoms with van der Waals surface area (Å²) in [5.74, 6) is 0. The van der Waals surface area contributed by atoms with Gasteiger partial charge in [-0.1, -0.05) is 18.2 Å². The third kappa shape index (κ3) is 3.29. The molecule has 3 nitrogen and oxygen atoms in total. The van der Waals surface area contributed by atoms with Crippen LogP contribution in [0.25, 0.3) is 10.1 Å². The molecule has 1 aliphatic heterocycles. The Labute approximate surface area is 130 Å². The fourth-order valence-electron chi connectivity index (χ4n) is 2.85. The Morgan fingerprint density at radius 2 is 2.10 bits per heavy atom.